The number of hydrogen-bond acceptors (Lipinski definition) is 5. The third-order valence-electron chi connectivity index (χ3n) is 4.62. The first-order valence-corrected chi connectivity index (χ1v) is 8.99. The Balaban J connectivity index is 2.18. The standard InChI is InChI=1S/C21H21F3O5/c1-20(2)12-28-19-16(8-14(9-17(19)20)11-27-6-5-25)15-7-13(10-26)3-4-18(15)29-21(22,23)24/h3-4,7-10,25H,5-6,11-12H2,1-2H3. The summed E-state index contributed by atoms with van der Waals surface area (Å²) < 4.78 is 54.2. The van der Waals surface area contributed by atoms with Crippen LogP contribution in [0.25, 0.3) is 11.1 Å². The molecule has 0 spiro atoms. The lowest BCUT2D eigenvalue weighted by Gasteiger charge is -2.19. The summed E-state index contributed by atoms with van der Waals surface area (Å²) >= 11 is 0. The van der Waals surface area contributed by atoms with Crippen LogP contribution >= 0.6 is 0 Å². The number of rotatable bonds is 7. The van der Waals surface area contributed by atoms with Gasteiger partial charge in [-0.1, -0.05) is 13.8 Å². The molecule has 0 saturated carbocycles. The Morgan fingerprint density at radius 3 is 2.62 bits per heavy atom. The molecule has 8 heteroatoms. The molecular formula is C21H21F3O5. The number of carbonyl (C=O) groups excluding carboxylic acids is 1. The first-order valence-electron chi connectivity index (χ1n) is 8.99. The Morgan fingerprint density at radius 1 is 1.21 bits per heavy atom. The maximum atomic E-state index is 12.9. The van der Waals surface area contributed by atoms with Crippen molar-refractivity contribution in [3.05, 3.63) is 47.0 Å². The highest BCUT2D eigenvalue weighted by atomic mass is 19.4. The minimum Gasteiger partial charge on any atom is -0.492 e. The zero-order valence-corrected chi connectivity index (χ0v) is 16.0. The molecule has 1 N–H and O–H groups in total. The molecule has 1 aliphatic rings. The number of aldehydes is 1. The lowest BCUT2D eigenvalue weighted by atomic mass is 9.84. The zero-order valence-electron chi connectivity index (χ0n) is 16.0. The van der Waals surface area contributed by atoms with E-state index in [1.165, 1.54) is 12.1 Å². The summed E-state index contributed by atoms with van der Waals surface area (Å²) in [6.45, 7) is 4.46. The van der Waals surface area contributed by atoms with Crippen molar-refractivity contribution in [3.8, 4) is 22.6 Å². The van der Waals surface area contributed by atoms with E-state index in [4.69, 9.17) is 14.6 Å². The number of halogens is 3. The molecule has 1 aliphatic heterocycles. The van der Waals surface area contributed by atoms with Gasteiger partial charge in [0, 0.05) is 27.7 Å². The minimum absolute atomic E-state index is 0.102. The van der Waals surface area contributed by atoms with Gasteiger partial charge in [-0.05, 0) is 35.9 Å². The van der Waals surface area contributed by atoms with Crippen LogP contribution in [0.5, 0.6) is 11.5 Å². The van der Waals surface area contributed by atoms with Crippen LogP contribution in [0.15, 0.2) is 30.3 Å². The molecule has 0 saturated heterocycles. The molecule has 0 bridgehead atoms. The van der Waals surface area contributed by atoms with Crippen molar-refractivity contribution in [1.29, 1.82) is 0 Å². The highest BCUT2D eigenvalue weighted by molar-refractivity contribution is 5.85. The van der Waals surface area contributed by atoms with Crippen molar-refractivity contribution in [2.24, 2.45) is 0 Å². The minimum atomic E-state index is -4.89. The number of fused-ring (bicyclic) bond motifs is 1. The molecule has 0 amide bonds. The Kier molecular flexibility index (Phi) is 5.86. The highest BCUT2D eigenvalue weighted by Crippen LogP contribution is 2.48. The van der Waals surface area contributed by atoms with Crippen molar-refractivity contribution in [2.45, 2.75) is 32.2 Å². The van der Waals surface area contributed by atoms with Crippen molar-refractivity contribution < 1.29 is 37.3 Å². The maximum absolute atomic E-state index is 12.9. The number of aliphatic hydroxyl groups is 1. The van der Waals surface area contributed by atoms with Crippen LogP contribution in [0, 0.1) is 0 Å². The van der Waals surface area contributed by atoms with E-state index in [0.29, 0.717) is 29.8 Å². The second kappa shape index (κ2) is 8.04. The lowest BCUT2D eigenvalue weighted by molar-refractivity contribution is -0.274. The maximum Gasteiger partial charge on any atom is 0.573 e. The molecule has 0 fully saturated rings. The van der Waals surface area contributed by atoms with Crippen molar-refractivity contribution in [1.82, 2.24) is 0 Å². The van der Waals surface area contributed by atoms with E-state index in [-0.39, 0.29) is 36.4 Å². The first kappa shape index (κ1) is 21.1. The van der Waals surface area contributed by atoms with E-state index in [9.17, 15) is 18.0 Å². The Morgan fingerprint density at radius 2 is 1.97 bits per heavy atom. The van der Waals surface area contributed by atoms with Crippen LogP contribution in [0.4, 0.5) is 13.2 Å². The summed E-state index contributed by atoms with van der Waals surface area (Å²) in [4.78, 5) is 11.2. The Labute approximate surface area is 166 Å². The van der Waals surface area contributed by atoms with Gasteiger partial charge >= 0.3 is 6.36 Å². The monoisotopic (exact) mass is 410 g/mol. The average molecular weight is 410 g/mol. The average Bonchev–Trinajstić information content (AvgIpc) is 2.95. The van der Waals surface area contributed by atoms with Crippen molar-refractivity contribution in [2.75, 3.05) is 19.8 Å². The quantitative estimate of drug-likeness (QED) is 0.546. The topological polar surface area (TPSA) is 65.0 Å². The number of ether oxygens (including phenoxy) is 3. The van der Waals surface area contributed by atoms with E-state index >= 15 is 0 Å². The van der Waals surface area contributed by atoms with Gasteiger partial charge in [0.2, 0.25) is 0 Å². The van der Waals surface area contributed by atoms with Gasteiger partial charge in [0.05, 0.1) is 26.4 Å². The van der Waals surface area contributed by atoms with Gasteiger partial charge in [0.1, 0.15) is 17.8 Å². The molecule has 2 aromatic rings. The van der Waals surface area contributed by atoms with Crippen LogP contribution < -0.4 is 9.47 Å². The molecule has 0 unspecified atom stereocenters. The summed E-state index contributed by atoms with van der Waals surface area (Å²) in [7, 11) is 0. The van der Waals surface area contributed by atoms with E-state index < -0.39 is 12.1 Å². The lowest BCUT2D eigenvalue weighted by Crippen LogP contribution is -2.18. The van der Waals surface area contributed by atoms with Crippen LogP contribution in [0.2, 0.25) is 0 Å². The first-order chi connectivity index (χ1) is 13.6. The molecule has 0 aromatic heterocycles. The SMILES string of the molecule is CC1(C)COc2c(-c3cc(C=O)ccc3OC(F)(F)F)cc(COCCO)cc21. The number of carbonyl (C=O) groups is 1. The Hall–Kier alpha value is -2.58. The number of hydrogen-bond donors (Lipinski definition) is 1. The van der Waals surface area contributed by atoms with E-state index in [0.717, 1.165) is 11.6 Å². The van der Waals surface area contributed by atoms with Crippen LogP contribution in [0.1, 0.15) is 35.3 Å². The fourth-order valence-electron chi connectivity index (χ4n) is 3.26. The molecular weight excluding hydrogens is 389 g/mol. The normalized spacial score (nSPS) is 15.0. The predicted molar refractivity (Wildman–Crippen MR) is 99.2 cm³/mol. The second-order valence-electron chi connectivity index (χ2n) is 7.39. The van der Waals surface area contributed by atoms with Gasteiger partial charge in [-0.25, -0.2) is 0 Å². The summed E-state index contributed by atoms with van der Waals surface area (Å²) in [5, 5.41) is 8.92. The largest absolute Gasteiger partial charge is 0.573 e. The van der Waals surface area contributed by atoms with Crippen LogP contribution in [-0.2, 0) is 16.8 Å². The molecule has 0 aliphatic carbocycles. The van der Waals surface area contributed by atoms with E-state index in [1.807, 2.05) is 19.9 Å². The Bertz CT molecular complexity index is 906. The smallest absolute Gasteiger partial charge is 0.492 e. The molecule has 156 valence electrons. The second-order valence-corrected chi connectivity index (χ2v) is 7.39. The molecule has 29 heavy (non-hydrogen) atoms. The molecule has 3 rings (SSSR count). The van der Waals surface area contributed by atoms with Gasteiger partial charge < -0.3 is 19.3 Å². The van der Waals surface area contributed by atoms with E-state index in [1.54, 1.807) is 6.07 Å². The molecule has 2 aromatic carbocycles. The van der Waals surface area contributed by atoms with Gasteiger partial charge in [-0.15, -0.1) is 13.2 Å². The third kappa shape index (κ3) is 4.71. The summed E-state index contributed by atoms with van der Waals surface area (Å²) in [6.07, 6.45) is -4.33. The number of alkyl halides is 3. The highest BCUT2D eigenvalue weighted by Gasteiger charge is 2.36. The number of aliphatic hydroxyl groups excluding tert-OH is 1. The zero-order chi connectivity index (χ0) is 21.2. The fourth-order valence-corrected chi connectivity index (χ4v) is 3.26. The van der Waals surface area contributed by atoms with Gasteiger partial charge in [-0.3, -0.25) is 4.79 Å². The van der Waals surface area contributed by atoms with Crippen LogP contribution in [0.3, 0.4) is 0 Å². The van der Waals surface area contributed by atoms with Gasteiger partial charge in [0.25, 0.3) is 0 Å². The van der Waals surface area contributed by atoms with E-state index in [2.05, 4.69) is 4.74 Å². The predicted octanol–water partition coefficient (Wildman–Crippen LogP) is 4.24. The third-order valence-corrected chi connectivity index (χ3v) is 4.62. The summed E-state index contributed by atoms with van der Waals surface area (Å²) in [6, 6.07) is 7.27. The molecule has 0 radical (unpaired) electrons. The van der Waals surface area contributed by atoms with Crippen molar-refractivity contribution in [3.63, 3.8) is 0 Å². The summed E-state index contributed by atoms with van der Waals surface area (Å²) in [5.74, 6) is 0.0306. The summed E-state index contributed by atoms with van der Waals surface area (Å²) in [5.41, 5.74) is 1.88. The molecule has 5 nitrogen and oxygen atoms in total. The van der Waals surface area contributed by atoms with Gasteiger partial charge in [0.15, 0.2) is 0 Å². The van der Waals surface area contributed by atoms with Crippen LogP contribution in [-0.4, -0.2) is 37.6 Å². The molecule has 0 atom stereocenters. The fraction of sp³-hybridized carbons (Fsp3) is 0.381. The number of benzene rings is 2. The molecule has 1 heterocycles. The van der Waals surface area contributed by atoms with Gasteiger partial charge in [-0.2, -0.15) is 0 Å². The van der Waals surface area contributed by atoms with Crippen molar-refractivity contribution >= 4 is 6.29 Å².